The molecule has 0 amide bonds. The van der Waals surface area contributed by atoms with Gasteiger partial charge in [0.05, 0.1) is 17.1 Å². The zero-order chi connectivity index (χ0) is 15.6. The highest BCUT2D eigenvalue weighted by atomic mass is 16.1. The molecule has 1 aliphatic carbocycles. The van der Waals surface area contributed by atoms with E-state index in [0.717, 1.165) is 28.2 Å². The van der Waals surface area contributed by atoms with Crippen LogP contribution in [-0.2, 0) is 6.42 Å². The Hall–Kier alpha value is -3.35. The average molecular weight is 305 g/mol. The van der Waals surface area contributed by atoms with E-state index < -0.39 is 0 Å². The van der Waals surface area contributed by atoms with Gasteiger partial charge < -0.3 is 9.97 Å². The normalized spacial score (nSPS) is 12.5. The summed E-state index contributed by atoms with van der Waals surface area (Å²) in [6.45, 7) is 0. The number of benzene rings is 1. The number of fused-ring (bicyclic) bond motifs is 5. The largest absolute Gasteiger partial charge is 0.330 e. The Morgan fingerprint density at radius 2 is 2.09 bits per heavy atom. The molecule has 0 saturated carbocycles. The van der Waals surface area contributed by atoms with E-state index >= 15 is 0 Å². The standard InChI is InChI=1S/C16H11N5O2/c22-15-14-17-3-6-21(14)12-8-9-7-10(20-5-4-18-16(20)23)1-2-11(9)13(12)19-15/h1-7H,8H2,(H,18,23)(H,19,22). The lowest BCUT2D eigenvalue weighted by atomic mass is 10.1. The van der Waals surface area contributed by atoms with Crippen molar-refractivity contribution < 1.29 is 0 Å². The van der Waals surface area contributed by atoms with Gasteiger partial charge in [-0.1, -0.05) is 6.07 Å². The maximum absolute atomic E-state index is 12.1. The SMILES string of the molecule is O=c1[nH]c2c(n3ccnc13)Cc1cc(-n3cc[nH]c3=O)ccc1-2. The van der Waals surface area contributed by atoms with E-state index in [2.05, 4.69) is 15.0 Å². The third kappa shape index (κ3) is 1.56. The van der Waals surface area contributed by atoms with Crippen molar-refractivity contribution in [1.82, 2.24) is 23.9 Å². The summed E-state index contributed by atoms with van der Waals surface area (Å²) in [6, 6.07) is 5.79. The van der Waals surface area contributed by atoms with Crippen molar-refractivity contribution in [3.05, 3.63) is 75.1 Å². The number of nitrogens with one attached hydrogen (secondary N) is 2. The number of rotatable bonds is 1. The van der Waals surface area contributed by atoms with Gasteiger partial charge in [-0.2, -0.15) is 0 Å². The fourth-order valence-corrected chi connectivity index (χ4v) is 3.27. The molecule has 112 valence electrons. The molecule has 7 heteroatoms. The maximum atomic E-state index is 12.1. The first-order chi connectivity index (χ1) is 11.2. The van der Waals surface area contributed by atoms with Crippen molar-refractivity contribution in [2.45, 2.75) is 6.42 Å². The molecule has 5 rings (SSSR count). The van der Waals surface area contributed by atoms with Crippen LogP contribution < -0.4 is 11.2 Å². The van der Waals surface area contributed by atoms with Crippen LogP contribution in [-0.4, -0.2) is 23.9 Å². The Morgan fingerprint density at radius 3 is 2.91 bits per heavy atom. The van der Waals surface area contributed by atoms with Gasteiger partial charge >= 0.3 is 5.69 Å². The second-order valence-corrected chi connectivity index (χ2v) is 5.55. The molecule has 0 radical (unpaired) electrons. The predicted molar refractivity (Wildman–Crippen MR) is 84.0 cm³/mol. The van der Waals surface area contributed by atoms with Crippen LogP contribution in [0.25, 0.3) is 22.6 Å². The Labute approximate surface area is 128 Å². The van der Waals surface area contributed by atoms with Crippen molar-refractivity contribution in [3.63, 3.8) is 0 Å². The third-order valence-corrected chi connectivity index (χ3v) is 4.31. The lowest BCUT2D eigenvalue weighted by Crippen LogP contribution is -2.14. The van der Waals surface area contributed by atoms with Crippen molar-refractivity contribution in [2.75, 3.05) is 0 Å². The first-order valence-corrected chi connectivity index (χ1v) is 7.20. The zero-order valence-corrected chi connectivity index (χ0v) is 11.9. The molecule has 0 atom stereocenters. The van der Waals surface area contributed by atoms with Gasteiger partial charge in [-0.3, -0.25) is 13.8 Å². The van der Waals surface area contributed by atoms with Crippen molar-refractivity contribution in [3.8, 4) is 16.9 Å². The number of imidazole rings is 2. The van der Waals surface area contributed by atoms with Gasteiger partial charge in [-0.05, 0) is 17.7 Å². The van der Waals surface area contributed by atoms with Crippen LogP contribution in [0, 0.1) is 0 Å². The van der Waals surface area contributed by atoms with Gasteiger partial charge in [-0.25, -0.2) is 9.78 Å². The smallest absolute Gasteiger partial charge is 0.317 e. The summed E-state index contributed by atoms with van der Waals surface area (Å²) in [7, 11) is 0. The molecule has 0 fully saturated rings. The summed E-state index contributed by atoms with van der Waals surface area (Å²) in [4.78, 5) is 33.5. The van der Waals surface area contributed by atoms with Crippen LogP contribution in [0.3, 0.4) is 0 Å². The average Bonchev–Trinajstić information content (AvgIpc) is 3.24. The monoisotopic (exact) mass is 305 g/mol. The van der Waals surface area contributed by atoms with Crippen LogP contribution in [0.5, 0.6) is 0 Å². The lowest BCUT2D eigenvalue weighted by Gasteiger charge is -2.05. The van der Waals surface area contributed by atoms with Crippen LogP contribution >= 0.6 is 0 Å². The molecular formula is C16H11N5O2. The number of hydrogen-bond acceptors (Lipinski definition) is 3. The summed E-state index contributed by atoms with van der Waals surface area (Å²) >= 11 is 0. The Kier molecular flexibility index (Phi) is 2.18. The minimum atomic E-state index is -0.201. The summed E-state index contributed by atoms with van der Waals surface area (Å²) in [5.41, 5.74) is 4.71. The highest BCUT2D eigenvalue weighted by Crippen LogP contribution is 2.35. The second-order valence-electron chi connectivity index (χ2n) is 5.55. The van der Waals surface area contributed by atoms with E-state index in [1.807, 2.05) is 22.6 Å². The molecule has 1 aromatic carbocycles. The van der Waals surface area contributed by atoms with Gasteiger partial charge in [0.25, 0.3) is 5.56 Å². The van der Waals surface area contributed by atoms with E-state index in [1.54, 1.807) is 29.4 Å². The highest BCUT2D eigenvalue weighted by Gasteiger charge is 2.23. The Morgan fingerprint density at radius 1 is 1.17 bits per heavy atom. The molecule has 23 heavy (non-hydrogen) atoms. The van der Waals surface area contributed by atoms with Gasteiger partial charge in [0.2, 0.25) is 5.65 Å². The second kappa shape index (κ2) is 4.10. The molecule has 0 bridgehead atoms. The maximum Gasteiger partial charge on any atom is 0.330 e. The molecule has 1 aliphatic rings. The van der Waals surface area contributed by atoms with Crippen LogP contribution in [0.2, 0.25) is 0 Å². The summed E-state index contributed by atoms with van der Waals surface area (Å²) in [6.07, 6.45) is 7.41. The number of aromatic amines is 2. The molecule has 7 nitrogen and oxygen atoms in total. The molecule has 2 N–H and O–H groups in total. The van der Waals surface area contributed by atoms with Crippen LogP contribution in [0.4, 0.5) is 0 Å². The number of H-pyrrole nitrogens is 2. The Balaban J connectivity index is 1.75. The first kappa shape index (κ1) is 12.2. The van der Waals surface area contributed by atoms with Gasteiger partial charge in [0.1, 0.15) is 0 Å². The minimum Gasteiger partial charge on any atom is -0.317 e. The topological polar surface area (TPSA) is 87.9 Å². The van der Waals surface area contributed by atoms with Crippen LogP contribution in [0.1, 0.15) is 11.3 Å². The predicted octanol–water partition coefficient (Wildman–Crippen LogP) is 1.07. The van der Waals surface area contributed by atoms with E-state index in [9.17, 15) is 9.59 Å². The molecule has 3 aromatic heterocycles. The fourth-order valence-electron chi connectivity index (χ4n) is 3.27. The van der Waals surface area contributed by atoms with Crippen molar-refractivity contribution in [1.29, 1.82) is 0 Å². The highest BCUT2D eigenvalue weighted by molar-refractivity contribution is 5.74. The molecule has 0 unspecified atom stereocenters. The Bertz CT molecular complexity index is 1190. The zero-order valence-electron chi connectivity index (χ0n) is 11.9. The lowest BCUT2D eigenvalue weighted by molar-refractivity contribution is 0.978. The molecular weight excluding hydrogens is 294 g/mol. The number of aromatic nitrogens is 5. The third-order valence-electron chi connectivity index (χ3n) is 4.31. The van der Waals surface area contributed by atoms with Gasteiger partial charge in [0, 0.05) is 36.8 Å². The van der Waals surface area contributed by atoms with E-state index in [1.165, 1.54) is 0 Å². The van der Waals surface area contributed by atoms with Crippen molar-refractivity contribution >= 4 is 5.65 Å². The summed E-state index contributed by atoms with van der Waals surface area (Å²) in [5.74, 6) is 0. The number of hydrogen-bond donors (Lipinski definition) is 2. The summed E-state index contributed by atoms with van der Waals surface area (Å²) in [5, 5.41) is 0. The molecule has 0 saturated heterocycles. The quantitative estimate of drug-likeness (QED) is 0.485. The van der Waals surface area contributed by atoms with Crippen molar-refractivity contribution in [2.24, 2.45) is 0 Å². The first-order valence-electron chi connectivity index (χ1n) is 7.20. The van der Waals surface area contributed by atoms with Gasteiger partial charge in [0.15, 0.2) is 0 Å². The van der Waals surface area contributed by atoms with Gasteiger partial charge in [-0.15, -0.1) is 0 Å². The molecule has 0 spiro atoms. The fraction of sp³-hybridized carbons (Fsp3) is 0.0625. The minimum absolute atomic E-state index is 0.175. The molecule has 4 aromatic rings. The number of nitrogens with zero attached hydrogens (tertiary/aromatic N) is 3. The van der Waals surface area contributed by atoms with E-state index in [-0.39, 0.29) is 11.2 Å². The van der Waals surface area contributed by atoms with Crippen LogP contribution in [0.15, 0.2) is 52.6 Å². The summed E-state index contributed by atoms with van der Waals surface area (Å²) < 4.78 is 3.38. The van der Waals surface area contributed by atoms with E-state index in [4.69, 9.17) is 0 Å². The van der Waals surface area contributed by atoms with E-state index in [0.29, 0.717) is 12.1 Å². The molecule has 0 aliphatic heterocycles. The molecule has 3 heterocycles.